The predicted molar refractivity (Wildman–Crippen MR) is 64.8 cm³/mol. The van der Waals surface area contributed by atoms with Gasteiger partial charge in [-0.2, -0.15) is 0 Å². The Balaban J connectivity index is 2.59. The van der Waals surface area contributed by atoms with Gasteiger partial charge >= 0.3 is 5.97 Å². The molecule has 2 aromatic heterocycles. The van der Waals surface area contributed by atoms with Crippen LogP contribution in [0.4, 0.5) is 5.95 Å². The van der Waals surface area contributed by atoms with Crippen LogP contribution in [0.1, 0.15) is 23.0 Å². The molecular formula is C12H13N3O3. The van der Waals surface area contributed by atoms with Crippen LogP contribution in [0.5, 0.6) is 0 Å². The standard InChI is InChI=1S/C12H13N3O3/c1-3-17-11(16)9-7(2)14-12(13)15-10(9)8-5-4-6-18-8/h4-6H,3H2,1-2H3,(H2,13,14,15). The Bertz CT molecular complexity index is 564. The third-order valence-corrected chi connectivity index (χ3v) is 2.34. The molecule has 0 aromatic carbocycles. The first-order valence-corrected chi connectivity index (χ1v) is 5.48. The number of nitrogens with zero attached hydrogens (tertiary/aromatic N) is 2. The largest absolute Gasteiger partial charge is 0.463 e. The van der Waals surface area contributed by atoms with Gasteiger partial charge in [-0.1, -0.05) is 0 Å². The lowest BCUT2D eigenvalue weighted by atomic mass is 10.1. The average Bonchev–Trinajstić information content (AvgIpc) is 2.81. The van der Waals surface area contributed by atoms with E-state index in [2.05, 4.69) is 9.97 Å². The fraction of sp³-hybridized carbons (Fsp3) is 0.250. The maximum Gasteiger partial charge on any atom is 0.342 e. The zero-order valence-corrected chi connectivity index (χ0v) is 10.1. The number of hydrogen-bond donors (Lipinski definition) is 1. The number of rotatable bonds is 3. The van der Waals surface area contributed by atoms with Crippen molar-refractivity contribution in [1.82, 2.24) is 9.97 Å². The second-order valence-corrected chi connectivity index (χ2v) is 3.59. The number of anilines is 1. The molecule has 0 unspecified atom stereocenters. The van der Waals surface area contributed by atoms with Gasteiger partial charge in [0.2, 0.25) is 5.95 Å². The molecule has 0 spiro atoms. The van der Waals surface area contributed by atoms with Crippen LogP contribution in [-0.4, -0.2) is 22.5 Å². The van der Waals surface area contributed by atoms with Crippen molar-refractivity contribution in [3.8, 4) is 11.5 Å². The average molecular weight is 247 g/mol. The monoisotopic (exact) mass is 247 g/mol. The number of hydrogen-bond acceptors (Lipinski definition) is 6. The van der Waals surface area contributed by atoms with E-state index in [0.717, 1.165) is 0 Å². The molecule has 0 aliphatic rings. The van der Waals surface area contributed by atoms with Crippen molar-refractivity contribution in [1.29, 1.82) is 0 Å². The summed E-state index contributed by atoms with van der Waals surface area (Å²) >= 11 is 0. The summed E-state index contributed by atoms with van der Waals surface area (Å²) in [5.41, 5.74) is 6.69. The van der Waals surface area contributed by atoms with Crippen molar-refractivity contribution in [2.75, 3.05) is 12.3 Å². The van der Waals surface area contributed by atoms with Crippen molar-refractivity contribution < 1.29 is 13.9 Å². The molecule has 6 nitrogen and oxygen atoms in total. The van der Waals surface area contributed by atoms with E-state index in [1.165, 1.54) is 6.26 Å². The van der Waals surface area contributed by atoms with Gasteiger partial charge in [-0.3, -0.25) is 0 Å². The molecular weight excluding hydrogens is 234 g/mol. The van der Waals surface area contributed by atoms with Gasteiger partial charge in [-0.15, -0.1) is 0 Å². The molecule has 0 amide bonds. The normalized spacial score (nSPS) is 10.3. The zero-order chi connectivity index (χ0) is 13.1. The van der Waals surface area contributed by atoms with Gasteiger partial charge < -0.3 is 14.9 Å². The fourth-order valence-corrected chi connectivity index (χ4v) is 1.63. The Morgan fingerprint density at radius 1 is 1.50 bits per heavy atom. The lowest BCUT2D eigenvalue weighted by Gasteiger charge is -2.09. The number of carbonyl (C=O) groups excluding carboxylic acids is 1. The van der Waals surface area contributed by atoms with E-state index in [1.807, 2.05) is 0 Å². The van der Waals surface area contributed by atoms with E-state index < -0.39 is 5.97 Å². The van der Waals surface area contributed by atoms with Crippen LogP contribution in [0, 0.1) is 6.92 Å². The van der Waals surface area contributed by atoms with Crippen LogP contribution in [0.2, 0.25) is 0 Å². The quantitative estimate of drug-likeness (QED) is 0.831. The third-order valence-electron chi connectivity index (χ3n) is 2.34. The number of furan rings is 1. The van der Waals surface area contributed by atoms with Gasteiger partial charge in [0, 0.05) is 0 Å². The summed E-state index contributed by atoms with van der Waals surface area (Å²) in [6, 6.07) is 3.40. The van der Waals surface area contributed by atoms with Crippen molar-refractivity contribution in [3.05, 3.63) is 29.7 Å². The topological polar surface area (TPSA) is 91.2 Å². The van der Waals surface area contributed by atoms with Crippen LogP contribution < -0.4 is 5.73 Å². The number of nitrogens with two attached hydrogens (primary N) is 1. The Labute approximate surface area is 104 Å². The Morgan fingerprint density at radius 2 is 2.28 bits per heavy atom. The van der Waals surface area contributed by atoms with E-state index >= 15 is 0 Å². The molecule has 0 atom stereocenters. The molecule has 0 bridgehead atoms. The highest BCUT2D eigenvalue weighted by atomic mass is 16.5. The Hall–Kier alpha value is -2.37. The second-order valence-electron chi connectivity index (χ2n) is 3.59. The maximum atomic E-state index is 11.9. The third kappa shape index (κ3) is 2.17. The van der Waals surface area contributed by atoms with E-state index in [0.29, 0.717) is 17.1 Å². The molecule has 2 rings (SSSR count). The molecule has 94 valence electrons. The van der Waals surface area contributed by atoms with E-state index in [-0.39, 0.29) is 18.1 Å². The highest BCUT2D eigenvalue weighted by Crippen LogP contribution is 2.25. The first kappa shape index (κ1) is 12.1. The maximum absolute atomic E-state index is 11.9. The van der Waals surface area contributed by atoms with Crippen molar-refractivity contribution >= 4 is 11.9 Å². The van der Waals surface area contributed by atoms with E-state index in [1.54, 1.807) is 26.0 Å². The zero-order valence-electron chi connectivity index (χ0n) is 10.1. The molecule has 0 saturated heterocycles. The van der Waals surface area contributed by atoms with Crippen molar-refractivity contribution in [3.63, 3.8) is 0 Å². The summed E-state index contributed by atoms with van der Waals surface area (Å²) in [5, 5.41) is 0. The molecule has 0 aliphatic heterocycles. The number of aromatic nitrogens is 2. The minimum atomic E-state index is -0.485. The first-order chi connectivity index (χ1) is 8.63. The van der Waals surface area contributed by atoms with E-state index in [9.17, 15) is 4.79 Å². The highest BCUT2D eigenvalue weighted by Gasteiger charge is 2.21. The Morgan fingerprint density at radius 3 is 2.89 bits per heavy atom. The number of esters is 1. The SMILES string of the molecule is CCOC(=O)c1c(C)nc(N)nc1-c1ccco1. The number of aryl methyl sites for hydroxylation is 1. The van der Waals surface area contributed by atoms with Crippen LogP contribution in [0.15, 0.2) is 22.8 Å². The van der Waals surface area contributed by atoms with Crippen molar-refractivity contribution in [2.24, 2.45) is 0 Å². The van der Waals surface area contributed by atoms with Gasteiger partial charge in [0.15, 0.2) is 5.76 Å². The van der Waals surface area contributed by atoms with Gasteiger partial charge in [0.25, 0.3) is 0 Å². The van der Waals surface area contributed by atoms with Crippen LogP contribution >= 0.6 is 0 Å². The van der Waals surface area contributed by atoms with Gasteiger partial charge in [0.05, 0.1) is 18.6 Å². The molecule has 0 fully saturated rings. The lowest BCUT2D eigenvalue weighted by Crippen LogP contribution is -2.12. The molecule has 0 aliphatic carbocycles. The number of carbonyl (C=O) groups is 1. The molecule has 0 saturated carbocycles. The molecule has 18 heavy (non-hydrogen) atoms. The summed E-state index contributed by atoms with van der Waals surface area (Å²) in [5.74, 6) is 0.0589. The smallest absolute Gasteiger partial charge is 0.342 e. The predicted octanol–water partition coefficient (Wildman–Crippen LogP) is 1.80. The van der Waals surface area contributed by atoms with Gasteiger partial charge in [-0.25, -0.2) is 14.8 Å². The Kier molecular flexibility index (Phi) is 3.27. The summed E-state index contributed by atoms with van der Waals surface area (Å²) < 4.78 is 10.2. The first-order valence-electron chi connectivity index (χ1n) is 5.48. The van der Waals surface area contributed by atoms with Crippen LogP contribution in [0.25, 0.3) is 11.5 Å². The minimum Gasteiger partial charge on any atom is -0.463 e. The molecule has 2 N–H and O–H groups in total. The van der Waals surface area contributed by atoms with Gasteiger partial charge in [-0.05, 0) is 26.0 Å². The lowest BCUT2D eigenvalue weighted by molar-refractivity contribution is 0.0525. The van der Waals surface area contributed by atoms with Crippen LogP contribution in [0.3, 0.4) is 0 Å². The number of ether oxygens (including phenoxy) is 1. The summed E-state index contributed by atoms with van der Waals surface area (Å²) in [6.07, 6.45) is 1.50. The summed E-state index contributed by atoms with van der Waals surface area (Å²) in [7, 11) is 0. The summed E-state index contributed by atoms with van der Waals surface area (Å²) in [6.45, 7) is 3.69. The fourth-order valence-electron chi connectivity index (χ4n) is 1.63. The molecule has 6 heteroatoms. The molecule has 2 heterocycles. The van der Waals surface area contributed by atoms with Crippen molar-refractivity contribution in [2.45, 2.75) is 13.8 Å². The second kappa shape index (κ2) is 4.87. The molecule has 0 radical (unpaired) electrons. The van der Waals surface area contributed by atoms with Gasteiger partial charge in [0.1, 0.15) is 11.3 Å². The minimum absolute atomic E-state index is 0.0898. The highest BCUT2D eigenvalue weighted by molar-refractivity contribution is 5.96. The molecule has 2 aromatic rings. The number of nitrogen functional groups attached to an aromatic ring is 1. The summed E-state index contributed by atoms with van der Waals surface area (Å²) in [4.78, 5) is 19.9. The van der Waals surface area contributed by atoms with Crippen LogP contribution in [-0.2, 0) is 4.74 Å². The van der Waals surface area contributed by atoms with E-state index in [4.69, 9.17) is 14.9 Å².